The summed E-state index contributed by atoms with van der Waals surface area (Å²) in [7, 11) is 0. The van der Waals surface area contributed by atoms with Crippen molar-refractivity contribution in [3.8, 4) is 11.5 Å². The Balaban J connectivity index is 2.38. The lowest BCUT2D eigenvalue weighted by molar-refractivity contribution is -0.138. The van der Waals surface area contributed by atoms with Gasteiger partial charge in [-0.25, -0.2) is 8.78 Å². The van der Waals surface area contributed by atoms with E-state index in [0.29, 0.717) is 4.47 Å². The summed E-state index contributed by atoms with van der Waals surface area (Å²) in [6.07, 6.45) is -4.82. The summed E-state index contributed by atoms with van der Waals surface area (Å²) in [6.45, 7) is 0. The molecule has 2 aromatic carbocycles. The van der Waals surface area contributed by atoms with Crippen LogP contribution in [0.1, 0.15) is 5.56 Å². The van der Waals surface area contributed by atoms with Gasteiger partial charge in [0.25, 0.3) is 0 Å². The first-order valence-corrected chi connectivity index (χ1v) is 6.06. The minimum atomic E-state index is -4.82. The van der Waals surface area contributed by atoms with Gasteiger partial charge in [-0.2, -0.15) is 13.2 Å². The smallest absolute Gasteiger partial charge is 0.416 e. The zero-order valence-electron chi connectivity index (χ0n) is 9.64. The Morgan fingerprint density at radius 3 is 2.05 bits per heavy atom. The van der Waals surface area contributed by atoms with E-state index in [1.807, 2.05) is 0 Å². The molecule has 0 N–H and O–H groups in total. The van der Waals surface area contributed by atoms with Crippen LogP contribution in [0.3, 0.4) is 0 Å². The monoisotopic (exact) mass is 352 g/mol. The lowest BCUT2D eigenvalue weighted by Crippen LogP contribution is -2.07. The average Bonchev–Trinajstić information content (AvgIpc) is 2.32. The number of alkyl halides is 3. The van der Waals surface area contributed by atoms with Crippen molar-refractivity contribution in [1.82, 2.24) is 0 Å². The molecule has 0 saturated carbocycles. The molecule has 0 radical (unpaired) electrons. The van der Waals surface area contributed by atoms with Crippen LogP contribution in [0, 0.1) is 11.6 Å². The molecule has 2 rings (SSSR count). The third-order valence-electron chi connectivity index (χ3n) is 2.34. The number of hydrogen-bond acceptors (Lipinski definition) is 1. The maximum Gasteiger partial charge on any atom is 0.416 e. The van der Waals surface area contributed by atoms with Crippen LogP contribution in [0.5, 0.6) is 11.5 Å². The summed E-state index contributed by atoms with van der Waals surface area (Å²) < 4.78 is 69.8. The van der Waals surface area contributed by atoms with Gasteiger partial charge in [0.15, 0.2) is 17.4 Å². The van der Waals surface area contributed by atoms with Crippen LogP contribution in [0.15, 0.2) is 40.9 Å². The summed E-state index contributed by atoms with van der Waals surface area (Å²) in [5.74, 6) is -3.62. The lowest BCUT2D eigenvalue weighted by Gasteiger charge is -2.11. The second-order valence-electron chi connectivity index (χ2n) is 3.83. The maximum absolute atomic E-state index is 13.6. The Morgan fingerprint density at radius 1 is 0.950 bits per heavy atom. The molecular weight excluding hydrogens is 347 g/mol. The molecule has 0 atom stereocenters. The molecule has 2 aromatic rings. The largest absolute Gasteiger partial charge is 0.451 e. The molecule has 7 heteroatoms. The molecule has 0 bridgehead atoms. The second kappa shape index (κ2) is 5.40. The second-order valence-corrected chi connectivity index (χ2v) is 4.74. The molecule has 0 aliphatic heterocycles. The van der Waals surface area contributed by atoms with Crippen LogP contribution >= 0.6 is 15.9 Å². The molecule has 0 aliphatic carbocycles. The van der Waals surface area contributed by atoms with Crippen molar-refractivity contribution < 1.29 is 26.7 Å². The van der Waals surface area contributed by atoms with Crippen LogP contribution in [-0.2, 0) is 6.18 Å². The highest BCUT2D eigenvalue weighted by molar-refractivity contribution is 9.10. The summed E-state index contributed by atoms with van der Waals surface area (Å²) in [4.78, 5) is 0. The van der Waals surface area contributed by atoms with Gasteiger partial charge in [-0.05, 0) is 30.3 Å². The van der Waals surface area contributed by atoms with Crippen LogP contribution in [0.4, 0.5) is 22.0 Å². The lowest BCUT2D eigenvalue weighted by atomic mass is 10.2. The van der Waals surface area contributed by atoms with E-state index in [-0.39, 0.29) is 17.9 Å². The molecule has 0 fully saturated rings. The van der Waals surface area contributed by atoms with E-state index in [2.05, 4.69) is 15.9 Å². The molecule has 1 nitrogen and oxygen atoms in total. The fourth-order valence-electron chi connectivity index (χ4n) is 1.47. The highest BCUT2D eigenvalue weighted by Crippen LogP contribution is 2.35. The van der Waals surface area contributed by atoms with Gasteiger partial charge in [-0.15, -0.1) is 0 Å². The number of hydrogen-bond donors (Lipinski definition) is 0. The zero-order valence-corrected chi connectivity index (χ0v) is 11.2. The topological polar surface area (TPSA) is 9.23 Å². The van der Waals surface area contributed by atoms with E-state index in [1.54, 1.807) is 12.1 Å². The standard InChI is InChI=1S/C13H6BrF5O/c14-8-2-1-3-9(6-8)20-12-10(15)4-7(5-11(12)16)13(17,18)19/h1-6H. The van der Waals surface area contributed by atoms with Gasteiger partial charge in [0.1, 0.15) is 5.75 Å². The number of rotatable bonds is 2. The van der Waals surface area contributed by atoms with Crippen molar-refractivity contribution in [3.63, 3.8) is 0 Å². The minimum Gasteiger partial charge on any atom is -0.451 e. The predicted octanol–water partition coefficient (Wildman–Crippen LogP) is 5.54. The first-order valence-electron chi connectivity index (χ1n) is 5.27. The quantitative estimate of drug-likeness (QED) is 0.645. The predicted molar refractivity (Wildman–Crippen MR) is 65.6 cm³/mol. The number of ether oxygens (including phenoxy) is 1. The Hall–Kier alpha value is -1.63. The summed E-state index contributed by atoms with van der Waals surface area (Å²) >= 11 is 3.13. The van der Waals surface area contributed by atoms with E-state index in [4.69, 9.17) is 4.74 Å². The van der Waals surface area contributed by atoms with Gasteiger partial charge in [-0.3, -0.25) is 0 Å². The van der Waals surface area contributed by atoms with E-state index in [0.717, 1.165) is 0 Å². The van der Waals surface area contributed by atoms with Crippen molar-refractivity contribution in [1.29, 1.82) is 0 Å². The first kappa shape index (κ1) is 14.8. The van der Waals surface area contributed by atoms with Crippen molar-refractivity contribution in [3.05, 3.63) is 58.1 Å². The summed E-state index contributed by atoms with van der Waals surface area (Å²) in [5, 5.41) is 0. The van der Waals surface area contributed by atoms with Gasteiger partial charge < -0.3 is 4.74 Å². The molecule has 0 amide bonds. The van der Waals surface area contributed by atoms with Gasteiger partial charge >= 0.3 is 6.18 Å². The number of benzene rings is 2. The van der Waals surface area contributed by atoms with E-state index >= 15 is 0 Å². The fourth-order valence-corrected chi connectivity index (χ4v) is 1.85. The molecule has 0 aliphatic rings. The van der Waals surface area contributed by atoms with Crippen LogP contribution in [0.25, 0.3) is 0 Å². The van der Waals surface area contributed by atoms with Crippen LogP contribution in [-0.4, -0.2) is 0 Å². The molecule has 0 heterocycles. The molecule has 20 heavy (non-hydrogen) atoms. The van der Waals surface area contributed by atoms with Crippen molar-refractivity contribution >= 4 is 15.9 Å². The highest BCUT2D eigenvalue weighted by atomic mass is 79.9. The van der Waals surface area contributed by atoms with Crippen LogP contribution < -0.4 is 4.74 Å². The third kappa shape index (κ3) is 3.27. The molecule has 106 valence electrons. The molecular formula is C13H6BrF5O. The van der Waals surface area contributed by atoms with Crippen molar-refractivity contribution in [2.75, 3.05) is 0 Å². The molecule has 0 unspecified atom stereocenters. The average molecular weight is 353 g/mol. The maximum atomic E-state index is 13.6. The van der Waals surface area contributed by atoms with E-state index in [9.17, 15) is 22.0 Å². The molecule has 0 aromatic heterocycles. The van der Waals surface area contributed by atoms with Gasteiger partial charge in [-0.1, -0.05) is 22.0 Å². The molecule has 0 saturated heterocycles. The number of halogens is 6. The van der Waals surface area contributed by atoms with E-state index < -0.39 is 29.1 Å². The Labute approximate surface area is 119 Å². The van der Waals surface area contributed by atoms with Gasteiger partial charge in [0.05, 0.1) is 5.56 Å². The third-order valence-corrected chi connectivity index (χ3v) is 2.83. The molecule has 0 spiro atoms. The van der Waals surface area contributed by atoms with Gasteiger partial charge in [0, 0.05) is 4.47 Å². The normalized spacial score (nSPS) is 11.5. The van der Waals surface area contributed by atoms with Gasteiger partial charge in [0.2, 0.25) is 0 Å². The van der Waals surface area contributed by atoms with Crippen LogP contribution in [0.2, 0.25) is 0 Å². The minimum absolute atomic E-state index is 0.0944. The van der Waals surface area contributed by atoms with E-state index in [1.165, 1.54) is 12.1 Å². The Morgan fingerprint density at radius 2 is 1.55 bits per heavy atom. The fraction of sp³-hybridized carbons (Fsp3) is 0.0769. The summed E-state index contributed by atoms with van der Waals surface area (Å²) in [5.41, 5.74) is -1.41. The highest BCUT2D eigenvalue weighted by Gasteiger charge is 2.33. The van der Waals surface area contributed by atoms with Crippen molar-refractivity contribution in [2.24, 2.45) is 0 Å². The van der Waals surface area contributed by atoms with Crippen molar-refractivity contribution in [2.45, 2.75) is 6.18 Å². The first-order chi connectivity index (χ1) is 9.27. The Bertz CT molecular complexity index is 616. The SMILES string of the molecule is Fc1cc(C(F)(F)F)cc(F)c1Oc1cccc(Br)c1. The Kier molecular flexibility index (Phi) is 3.99. The summed E-state index contributed by atoms with van der Waals surface area (Å²) in [6, 6.07) is 6.44. The zero-order chi connectivity index (χ0) is 14.9.